The zero-order valence-electron chi connectivity index (χ0n) is 46.1. The number of esters is 2. The van der Waals surface area contributed by atoms with Gasteiger partial charge in [0, 0.05) is 32.9 Å². The van der Waals surface area contributed by atoms with Gasteiger partial charge in [-0.15, -0.1) is 0 Å². The fourth-order valence-corrected chi connectivity index (χ4v) is 9.80. The number of carbonyl (C=O) groups is 4. The summed E-state index contributed by atoms with van der Waals surface area (Å²) in [6.07, 6.45) is 23.5. The molecule has 0 saturated carbocycles. The summed E-state index contributed by atoms with van der Waals surface area (Å²) in [6, 6.07) is -1.74. The summed E-state index contributed by atoms with van der Waals surface area (Å²) in [5.74, 6) is -7.12. The van der Waals surface area contributed by atoms with Crippen LogP contribution >= 0.6 is 7.82 Å². The molecule has 1 heterocycles. The van der Waals surface area contributed by atoms with Gasteiger partial charge in [0.05, 0.1) is 32.5 Å². The average molecular weight is 1100 g/mol. The van der Waals surface area contributed by atoms with E-state index in [0.29, 0.717) is 12.8 Å². The second kappa shape index (κ2) is 44.5. The fourth-order valence-electron chi connectivity index (χ4n) is 9.04. The van der Waals surface area contributed by atoms with Crippen LogP contribution in [0.4, 0.5) is 4.39 Å². The molecule has 1 saturated heterocycles. The molecule has 19 nitrogen and oxygen atoms in total. The van der Waals surface area contributed by atoms with Crippen LogP contribution in [0.3, 0.4) is 0 Å². The predicted molar refractivity (Wildman–Crippen MR) is 283 cm³/mol. The number of aliphatic hydroxyl groups excluding tert-OH is 4. The Morgan fingerprint density at radius 2 is 1.08 bits per heavy atom. The Hall–Kier alpha value is -2.36. The molecular weight excluding hydrogens is 999 g/mol. The Kier molecular flexibility index (Phi) is 41.9. The van der Waals surface area contributed by atoms with E-state index in [1.807, 2.05) is 0 Å². The summed E-state index contributed by atoms with van der Waals surface area (Å²) in [4.78, 5) is 60.1. The number of amides is 1. The number of carbonyl (C=O) groups excluding carboxylic acids is 3. The van der Waals surface area contributed by atoms with E-state index in [4.69, 9.17) is 28.0 Å². The molecule has 75 heavy (non-hydrogen) atoms. The number of unbranched alkanes of at least 4 members (excludes halogenated alkanes) is 28. The second-order valence-corrected chi connectivity index (χ2v) is 21.8. The van der Waals surface area contributed by atoms with Crippen LogP contribution < -0.4 is 10.6 Å². The van der Waals surface area contributed by atoms with Crippen molar-refractivity contribution in [2.75, 3.05) is 46.1 Å². The van der Waals surface area contributed by atoms with Gasteiger partial charge in [0.2, 0.25) is 5.91 Å². The topological polar surface area (TPSA) is 286 Å². The van der Waals surface area contributed by atoms with Gasteiger partial charge in [-0.05, 0) is 12.8 Å². The summed E-state index contributed by atoms with van der Waals surface area (Å²) < 4.78 is 60.1. The minimum atomic E-state index is -4.77. The maximum Gasteiger partial charge on any atom is 0.472 e. The number of carboxylic acids is 1. The highest BCUT2D eigenvalue weighted by molar-refractivity contribution is 7.47. The Balaban J connectivity index is 2.61. The minimum Gasteiger partial charge on any atom is -0.477 e. The van der Waals surface area contributed by atoms with Crippen molar-refractivity contribution in [1.29, 1.82) is 0 Å². The van der Waals surface area contributed by atoms with Gasteiger partial charge in [-0.3, -0.25) is 23.4 Å². The molecule has 442 valence electrons. The maximum atomic E-state index is 15.6. The van der Waals surface area contributed by atoms with Gasteiger partial charge in [-0.1, -0.05) is 194 Å². The highest BCUT2D eigenvalue weighted by Gasteiger charge is 2.63. The smallest absolute Gasteiger partial charge is 0.472 e. The number of carboxylic acid groups (broad SMARTS) is 1. The number of hydrogen-bond donors (Lipinski definition) is 8. The average Bonchev–Trinajstić information content (AvgIpc) is 3.38. The molecule has 9 atom stereocenters. The standard InChI is InChI=1S/C54H102FN2O17P/c1-4-6-8-10-12-14-16-18-20-22-24-26-28-30-32-34-46(61)69-41-44(73-47(62)35-33-31-29-27-25-23-21-19-17-15-13-11-9-7-5-2)42-72-75(67,68)71-39-37-56-36-38-70-54(53(65)66)52(55)50(64)48(57-43(3)59)51(74-54)49(63)45(60)40-58/h44-45,48-52,56,58,60,63-64H,4-42H2,1-3H3,(H,57,59)(H,65,66)(H,67,68)/t44-,45+,48+,49+,50+,51+,52+,54+/m0/s1. The van der Waals surface area contributed by atoms with Gasteiger partial charge in [-0.25, -0.2) is 13.8 Å². The van der Waals surface area contributed by atoms with E-state index in [1.165, 1.54) is 135 Å². The molecule has 1 fully saturated rings. The van der Waals surface area contributed by atoms with E-state index < -0.39 is 113 Å². The van der Waals surface area contributed by atoms with Crippen LogP contribution in [0, 0.1) is 0 Å². The molecule has 1 rings (SSSR count). The Labute approximate surface area is 448 Å². The van der Waals surface area contributed by atoms with Crippen LogP contribution in [0.2, 0.25) is 0 Å². The molecule has 1 unspecified atom stereocenters. The molecule has 8 N–H and O–H groups in total. The van der Waals surface area contributed by atoms with Crippen molar-refractivity contribution >= 4 is 31.6 Å². The quantitative estimate of drug-likeness (QED) is 0.0160. The van der Waals surface area contributed by atoms with Gasteiger partial charge in [0.1, 0.15) is 31.0 Å². The first-order chi connectivity index (χ1) is 36.0. The molecule has 1 amide bonds. The van der Waals surface area contributed by atoms with Crippen molar-refractivity contribution < 1.29 is 86.6 Å². The molecule has 1 aliphatic heterocycles. The Morgan fingerprint density at radius 1 is 0.653 bits per heavy atom. The Morgan fingerprint density at radius 3 is 1.51 bits per heavy atom. The van der Waals surface area contributed by atoms with Crippen molar-refractivity contribution in [3.05, 3.63) is 0 Å². The first kappa shape index (κ1) is 70.7. The van der Waals surface area contributed by atoms with Crippen LogP contribution in [-0.2, 0) is 51.7 Å². The lowest BCUT2D eigenvalue weighted by molar-refractivity contribution is -0.335. The van der Waals surface area contributed by atoms with Gasteiger partial charge < -0.3 is 60.0 Å². The van der Waals surface area contributed by atoms with E-state index >= 15 is 4.39 Å². The zero-order chi connectivity index (χ0) is 55.6. The molecule has 0 aliphatic carbocycles. The number of ether oxygens (including phenoxy) is 4. The fraction of sp³-hybridized carbons (Fsp3) is 0.926. The van der Waals surface area contributed by atoms with E-state index in [9.17, 15) is 54.2 Å². The highest BCUT2D eigenvalue weighted by Crippen LogP contribution is 2.43. The maximum absolute atomic E-state index is 15.6. The van der Waals surface area contributed by atoms with Crippen molar-refractivity contribution in [2.24, 2.45) is 0 Å². The molecule has 0 aromatic carbocycles. The second-order valence-electron chi connectivity index (χ2n) is 20.3. The zero-order valence-corrected chi connectivity index (χ0v) is 47.0. The van der Waals surface area contributed by atoms with Crippen LogP contribution in [-0.4, -0.2) is 149 Å². The van der Waals surface area contributed by atoms with Crippen LogP contribution in [0.5, 0.6) is 0 Å². The van der Waals surface area contributed by atoms with Crippen molar-refractivity contribution in [3.8, 4) is 0 Å². The molecule has 1 aliphatic rings. The molecule has 0 bridgehead atoms. The van der Waals surface area contributed by atoms with Gasteiger partial charge in [-0.2, -0.15) is 0 Å². The van der Waals surface area contributed by atoms with E-state index in [-0.39, 0.29) is 25.9 Å². The van der Waals surface area contributed by atoms with Crippen LogP contribution in [0.1, 0.15) is 226 Å². The third kappa shape index (κ3) is 33.6. The number of hydrogen-bond acceptors (Lipinski definition) is 16. The number of rotatable bonds is 51. The lowest BCUT2D eigenvalue weighted by atomic mass is 9.87. The van der Waals surface area contributed by atoms with Gasteiger partial charge in [0.15, 0.2) is 12.3 Å². The molecule has 0 aromatic heterocycles. The van der Waals surface area contributed by atoms with Crippen LogP contribution in [0.15, 0.2) is 0 Å². The first-order valence-electron chi connectivity index (χ1n) is 28.8. The molecule has 0 radical (unpaired) electrons. The number of aliphatic carboxylic acids is 1. The summed E-state index contributed by atoms with van der Waals surface area (Å²) in [5.41, 5.74) is 0. The van der Waals surface area contributed by atoms with E-state index in [1.54, 1.807) is 0 Å². The SMILES string of the molecule is CCCCCCCCCCCCCCCCCC(=O)OC[C@@H](COP(=O)(O)OCCNCCO[C@@]1(C(=O)O)O[C@@H]([C@H](O)[C@H](O)CO)[C@H](NC(C)=O)[C@@H](O)[C@H]1F)OC(=O)CCCCCCCCCCCCCCCCC. The summed E-state index contributed by atoms with van der Waals surface area (Å²) >= 11 is 0. The number of aliphatic hydroxyl groups is 4. The monoisotopic (exact) mass is 1100 g/mol. The summed E-state index contributed by atoms with van der Waals surface area (Å²) in [5, 5.41) is 55.4. The van der Waals surface area contributed by atoms with E-state index in [2.05, 4.69) is 24.5 Å². The van der Waals surface area contributed by atoms with Gasteiger partial charge in [0.25, 0.3) is 0 Å². The van der Waals surface area contributed by atoms with Crippen molar-refractivity contribution in [2.45, 2.75) is 275 Å². The van der Waals surface area contributed by atoms with Crippen molar-refractivity contribution in [1.82, 2.24) is 10.6 Å². The lowest BCUT2D eigenvalue weighted by Gasteiger charge is -2.48. The third-order valence-corrected chi connectivity index (χ3v) is 14.5. The number of nitrogens with one attached hydrogen (secondary N) is 2. The van der Waals surface area contributed by atoms with E-state index in [0.717, 1.165) is 51.9 Å². The summed E-state index contributed by atoms with van der Waals surface area (Å²) in [7, 11) is -4.77. The highest BCUT2D eigenvalue weighted by atomic mass is 31.2. The number of phosphoric ester groups is 1. The largest absolute Gasteiger partial charge is 0.477 e. The molecular formula is C54H102FN2O17P. The first-order valence-corrected chi connectivity index (χ1v) is 30.3. The minimum absolute atomic E-state index is 0.115. The summed E-state index contributed by atoms with van der Waals surface area (Å²) in [6.45, 7) is 2.02. The van der Waals surface area contributed by atoms with Crippen LogP contribution in [0.25, 0.3) is 0 Å². The molecule has 0 aromatic rings. The molecule has 0 spiro atoms. The van der Waals surface area contributed by atoms with Crippen molar-refractivity contribution in [3.63, 3.8) is 0 Å². The van der Waals surface area contributed by atoms with Gasteiger partial charge >= 0.3 is 31.5 Å². The third-order valence-electron chi connectivity index (χ3n) is 13.5. The number of phosphoric acid groups is 1. The number of alkyl halides is 1. The Bertz CT molecular complexity index is 1520. The lowest BCUT2D eigenvalue weighted by Crippen LogP contribution is -2.73. The predicted octanol–water partition coefficient (Wildman–Crippen LogP) is 8.80. The normalized spacial score (nSPS) is 20.8. The number of halogens is 1. The molecule has 21 heteroatoms.